The number of aromatic nitrogens is 3. The average molecular weight is 752 g/mol. The van der Waals surface area contributed by atoms with Crippen molar-refractivity contribution in [2.45, 2.75) is 23.7 Å². The molecule has 0 saturated heterocycles. The van der Waals surface area contributed by atoms with Gasteiger partial charge in [-0.2, -0.15) is 0 Å². The second kappa shape index (κ2) is 11.2. The van der Waals surface area contributed by atoms with Crippen molar-refractivity contribution in [3.8, 4) is 5.69 Å². The summed E-state index contributed by atoms with van der Waals surface area (Å²) in [6, 6.07) is 64.1. The standard InChI is InChI=1S/C56H37N3/c1-5-18-34(19-6-1)55(35-20-7-2-8-21-35)42-28-17-29-43-52(42)59-53-44(55)32-40-38-26-13-15-30-46(38)57-50(40)48(53)49-51-41(39-27-14-16-31-47(39)58-51)33-45(54(49)59)56(43,36-22-9-3-10-23-36)37-24-11-4-12-25-37/h1-3,5-11,13-33,57-58H,4,12H2. The number of rotatable bonds is 4. The molecule has 276 valence electrons. The van der Waals surface area contributed by atoms with Gasteiger partial charge in [-0.1, -0.05) is 164 Å². The Hall–Kier alpha value is -7.36. The molecule has 14 rings (SSSR count). The van der Waals surface area contributed by atoms with Gasteiger partial charge in [0.25, 0.3) is 0 Å². The van der Waals surface area contributed by atoms with Crippen molar-refractivity contribution >= 4 is 65.4 Å². The Morgan fingerprint density at radius 1 is 0.424 bits per heavy atom. The molecule has 11 aromatic rings. The Morgan fingerprint density at radius 3 is 1.42 bits per heavy atom. The quantitative estimate of drug-likeness (QED) is 0.180. The monoisotopic (exact) mass is 751 g/mol. The van der Waals surface area contributed by atoms with Crippen molar-refractivity contribution in [2.24, 2.45) is 0 Å². The molecule has 5 heterocycles. The smallest absolute Gasteiger partial charge is 0.0742 e. The number of aromatic amines is 2. The molecule has 3 aliphatic rings. The van der Waals surface area contributed by atoms with Gasteiger partial charge < -0.3 is 14.5 Å². The van der Waals surface area contributed by atoms with Crippen LogP contribution in [0.5, 0.6) is 0 Å². The van der Waals surface area contributed by atoms with Crippen molar-refractivity contribution in [3.05, 3.63) is 233 Å². The fourth-order valence-electron chi connectivity index (χ4n) is 12.0. The fraction of sp³-hybridized carbons (Fsp3) is 0.0714. The van der Waals surface area contributed by atoms with Crippen LogP contribution in [-0.2, 0) is 10.8 Å². The number of hydrogen-bond donors (Lipinski definition) is 2. The molecule has 1 aliphatic carbocycles. The maximum Gasteiger partial charge on any atom is 0.0742 e. The van der Waals surface area contributed by atoms with Crippen LogP contribution in [0.15, 0.2) is 194 Å². The van der Waals surface area contributed by atoms with E-state index in [1.165, 1.54) is 105 Å². The summed E-state index contributed by atoms with van der Waals surface area (Å²) in [6.07, 6.45) is 9.42. The van der Waals surface area contributed by atoms with E-state index in [2.05, 4.69) is 203 Å². The van der Waals surface area contributed by atoms with Crippen LogP contribution in [0.2, 0.25) is 0 Å². The maximum atomic E-state index is 4.04. The van der Waals surface area contributed by atoms with E-state index in [0.717, 1.165) is 23.9 Å². The summed E-state index contributed by atoms with van der Waals surface area (Å²) in [7, 11) is 0. The molecule has 59 heavy (non-hydrogen) atoms. The first-order valence-electron chi connectivity index (χ1n) is 20.9. The number of nitrogens with one attached hydrogen (secondary N) is 2. The lowest BCUT2D eigenvalue weighted by Gasteiger charge is -2.48. The predicted molar refractivity (Wildman–Crippen MR) is 244 cm³/mol. The minimum atomic E-state index is -0.640. The normalized spacial score (nSPS) is 17.6. The van der Waals surface area contributed by atoms with Crippen LogP contribution in [0, 0.1) is 0 Å². The SMILES string of the molecule is C1=CC(C2(c3ccccc3)c3cccc4c3-n3c5c2cc2c6ccccc6[nH]c2c5c2c5[nH]c6ccccc6c5cc(c23)C4(c2ccccc2)c2ccccc2)=CCC1. The van der Waals surface area contributed by atoms with Gasteiger partial charge in [-0.25, -0.2) is 0 Å². The second-order valence-electron chi connectivity index (χ2n) is 16.8. The summed E-state index contributed by atoms with van der Waals surface area (Å²) >= 11 is 0. The van der Waals surface area contributed by atoms with E-state index >= 15 is 0 Å². The average Bonchev–Trinajstić information content (AvgIpc) is 3.99. The second-order valence-corrected chi connectivity index (χ2v) is 16.8. The topological polar surface area (TPSA) is 36.5 Å². The Morgan fingerprint density at radius 2 is 0.898 bits per heavy atom. The highest BCUT2D eigenvalue weighted by Gasteiger charge is 2.53. The van der Waals surface area contributed by atoms with E-state index in [1.807, 2.05) is 0 Å². The van der Waals surface area contributed by atoms with Gasteiger partial charge in [0.2, 0.25) is 0 Å². The van der Waals surface area contributed by atoms with Crippen LogP contribution in [-0.4, -0.2) is 14.5 Å². The van der Waals surface area contributed by atoms with E-state index in [9.17, 15) is 0 Å². The van der Waals surface area contributed by atoms with E-state index in [1.54, 1.807) is 0 Å². The zero-order valence-electron chi connectivity index (χ0n) is 32.3. The summed E-state index contributed by atoms with van der Waals surface area (Å²) in [4.78, 5) is 8.07. The molecule has 3 aromatic heterocycles. The lowest BCUT2D eigenvalue weighted by atomic mass is 9.58. The highest BCUT2D eigenvalue weighted by Crippen LogP contribution is 2.64. The van der Waals surface area contributed by atoms with Crippen molar-refractivity contribution < 1.29 is 0 Å². The number of fused-ring (bicyclic) bond motifs is 9. The van der Waals surface area contributed by atoms with Crippen LogP contribution in [0.25, 0.3) is 71.1 Å². The Bertz CT molecular complexity index is 3610. The van der Waals surface area contributed by atoms with Crippen LogP contribution in [0.4, 0.5) is 0 Å². The van der Waals surface area contributed by atoms with Crippen molar-refractivity contribution in [2.75, 3.05) is 0 Å². The number of allylic oxidation sites excluding steroid dienone is 4. The number of nitrogens with zero attached hydrogens (tertiary/aromatic N) is 1. The first-order chi connectivity index (χ1) is 29.3. The predicted octanol–water partition coefficient (Wildman–Crippen LogP) is 13.7. The van der Waals surface area contributed by atoms with Crippen LogP contribution < -0.4 is 0 Å². The highest BCUT2D eigenvalue weighted by atomic mass is 15.0. The maximum absolute atomic E-state index is 4.04. The zero-order valence-corrected chi connectivity index (χ0v) is 32.3. The lowest BCUT2D eigenvalue weighted by Crippen LogP contribution is -2.41. The zero-order chi connectivity index (χ0) is 38.5. The molecule has 8 aromatic carbocycles. The third kappa shape index (κ3) is 3.67. The largest absolute Gasteiger partial charge is 0.354 e. The van der Waals surface area contributed by atoms with Crippen molar-refractivity contribution in [1.82, 2.24) is 14.5 Å². The summed E-state index contributed by atoms with van der Waals surface area (Å²) in [5, 5.41) is 7.55. The first-order valence-corrected chi connectivity index (χ1v) is 20.9. The molecule has 2 N–H and O–H groups in total. The molecule has 3 heteroatoms. The van der Waals surface area contributed by atoms with E-state index in [0.29, 0.717) is 0 Å². The van der Waals surface area contributed by atoms with Gasteiger partial charge in [-0.3, -0.25) is 0 Å². The van der Waals surface area contributed by atoms with Gasteiger partial charge in [0.05, 0.1) is 38.6 Å². The molecule has 0 fully saturated rings. The number of hydrogen-bond acceptors (Lipinski definition) is 0. The molecule has 0 spiro atoms. The first kappa shape index (κ1) is 31.7. The molecular weight excluding hydrogens is 715 g/mol. The van der Waals surface area contributed by atoms with Crippen LogP contribution >= 0.6 is 0 Å². The third-order valence-corrected chi connectivity index (χ3v) is 14.2. The molecular formula is C56H37N3. The molecule has 3 nitrogen and oxygen atoms in total. The number of para-hydroxylation sites is 3. The van der Waals surface area contributed by atoms with Crippen LogP contribution in [0.1, 0.15) is 51.8 Å². The van der Waals surface area contributed by atoms with E-state index < -0.39 is 10.8 Å². The molecule has 0 saturated carbocycles. The molecule has 1 unspecified atom stereocenters. The number of benzene rings is 8. The van der Waals surface area contributed by atoms with Gasteiger partial charge in [-0.05, 0) is 81.6 Å². The van der Waals surface area contributed by atoms with E-state index in [4.69, 9.17) is 0 Å². The van der Waals surface area contributed by atoms with Gasteiger partial charge >= 0.3 is 0 Å². The molecule has 0 amide bonds. The van der Waals surface area contributed by atoms with Crippen molar-refractivity contribution in [3.63, 3.8) is 0 Å². The molecule has 0 bridgehead atoms. The van der Waals surface area contributed by atoms with E-state index in [-0.39, 0.29) is 0 Å². The molecule has 2 aliphatic heterocycles. The van der Waals surface area contributed by atoms with Crippen LogP contribution in [0.3, 0.4) is 0 Å². The molecule has 0 radical (unpaired) electrons. The summed E-state index contributed by atoms with van der Waals surface area (Å²) in [5.74, 6) is 0. The minimum Gasteiger partial charge on any atom is -0.354 e. The summed E-state index contributed by atoms with van der Waals surface area (Å²) in [6.45, 7) is 0. The highest BCUT2D eigenvalue weighted by molar-refractivity contribution is 6.34. The van der Waals surface area contributed by atoms with Gasteiger partial charge in [0.1, 0.15) is 0 Å². The summed E-state index contributed by atoms with van der Waals surface area (Å²) in [5.41, 5.74) is 17.7. The Kier molecular flexibility index (Phi) is 6.01. The van der Waals surface area contributed by atoms with Gasteiger partial charge in [0.15, 0.2) is 0 Å². The molecule has 1 atom stereocenters. The fourth-order valence-corrected chi connectivity index (χ4v) is 12.0. The Labute approximate surface area is 340 Å². The van der Waals surface area contributed by atoms with Gasteiger partial charge in [0, 0.05) is 43.4 Å². The lowest BCUT2D eigenvalue weighted by molar-refractivity contribution is 0.679. The minimum absolute atomic E-state index is 0.602. The van der Waals surface area contributed by atoms with Crippen molar-refractivity contribution in [1.29, 1.82) is 0 Å². The van der Waals surface area contributed by atoms with Gasteiger partial charge in [-0.15, -0.1) is 0 Å². The third-order valence-electron chi connectivity index (χ3n) is 14.2. The number of H-pyrrole nitrogens is 2. The summed E-state index contributed by atoms with van der Waals surface area (Å²) < 4.78 is 2.70. The Balaban J connectivity index is 1.36.